The molecule has 0 aromatic rings. The van der Waals surface area contributed by atoms with Crippen LogP contribution in [0.1, 0.15) is 79.1 Å². The molecule has 1 saturated heterocycles. The average Bonchev–Trinajstić information content (AvgIpc) is 3.18. The molecule has 5 atom stereocenters. The van der Waals surface area contributed by atoms with Gasteiger partial charge in [-0.1, -0.05) is 59.2 Å². The van der Waals surface area contributed by atoms with Crippen molar-refractivity contribution in [1.82, 2.24) is 10.2 Å². The number of carbonyl (C=O) groups excluding carboxylic acids is 2. The average molecular weight is 524 g/mol. The maximum Gasteiger partial charge on any atom is 0.226 e. The van der Waals surface area contributed by atoms with Crippen LogP contribution in [0.3, 0.4) is 0 Å². The Morgan fingerprint density at radius 3 is 2.41 bits per heavy atom. The van der Waals surface area contributed by atoms with Gasteiger partial charge in [-0.05, 0) is 43.4 Å². The number of likely N-dealkylation sites (tertiary alicyclic amines) is 1. The lowest BCUT2D eigenvalue weighted by atomic mass is 9.72. The Balaban J connectivity index is 0.00000311. The fraction of sp³-hybridized carbons (Fsp3) is 0.870. The summed E-state index contributed by atoms with van der Waals surface area (Å²) in [5.74, 6) is 1.07. The third-order valence-corrected chi connectivity index (χ3v) is 7.08. The number of unbranched alkanes of at least 4 members (excludes halogenated alkanes) is 1. The van der Waals surface area contributed by atoms with E-state index in [9.17, 15) is 9.59 Å². The quantitative estimate of drug-likeness (QED) is 0.329. The van der Waals surface area contributed by atoms with Gasteiger partial charge in [0.2, 0.25) is 11.8 Å². The van der Waals surface area contributed by atoms with E-state index in [0.717, 1.165) is 43.0 Å². The molecule has 3 N–H and O–H groups in total. The van der Waals surface area contributed by atoms with Crippen LogP contribution in [0.15, 0.2) is 0 Å². The molecule has 3 unspecified atom stereocenters. The van der Waals surface area contributed by atoms with Crippen LogP contribution in [0, 0.1) is 23.2 Å². The minimum absolute atomic E-state index is 0. The first-order chi connectivity index (χ1) is 14.7. The number of nitrogens with two attached hydrogens (primary N) is 1. The maximum absolute atomic E-state index is 13.4. The summed E-state index contributed by atoms with van der Waals surface area (Å²) in [7, 11) is 4.67. The second-order valence-corrected chi connectivity index (χ2v) is 10.7. The second-order valence-electron chi connectivity index (χ2n) is 10.1. The first kappa shape index (κ1) is 32.3. The van der Waals surface area contributed by atoms with Gasteiger partial charge < -0.3 is 16.0 Å². The van der Waals surface area contributed by atoms with E-state index >= 15 is 0 Å². The SMILES string of the molecule is CCCCC1CC(C(=O)NC[C@H]2CCCN2C(=O)[C@@H](CC(=S)CN)C(C)(C)C)C1.P.PP. The van der Waals surface area contributed by atoms with Crippen LogP contribution in [0.25, 0.3) is 0 Å². The van der Waals surface area contributed by atoms with Gasteiger partial charge in [0, 0.05) is 42.4 Å². The number of nitrogens with one attached hydrogen (secondary N) is 1. The number of hydrogen-bond donors (Lipinski definition) is 2. The molecule has 9 heteroatoms. The smallest absolute Gasteiger partial charge is 0.226 e. The first-order valence-corrected chi connectivity index (χ1v) is 14.9. The highest BCUT2D eigenvalue weighted by atomic mass is 32.1. The van der Waals surface area contributed by atoms with Crippen molar-refractivity contribution in [2.75, 3.05) is 19.6 Å². The van der Waals surface area contributed by atoms with Crippen LogP contribution in [0.4, 0.5) is 0 Å². The molecule has 0 bridgehead atoms. The number of thiocarbonyl (C=S) groups is 1. The summed E-state index contributed by atoms with van der Waals surface area (Å²) >= 11 is 5.34. The van der Waals surface area contributed by atoms with Gasteiger partial charge in [0.05, 0.1) is 0 Å². The molecule has 2 rings (SSSR count). The number of carbonyl (C=O) groups is 2. The summed E-state index contributed by atoms with van der Waals surface area (Å²) in [5.41, 5.74) is 5.52. The molecule has 0 spiro atoms. The minimum Gasteiger partial charge on any atom is -0.354 e. The monoisotopic (exact) mass is 523 g/mol. The number of rotatable bonds is 10. The summed E-state index contributed by atoms with van der Waals surface area (Å²) in [4.78, 5) is 28.6. The second kappa shape index (κ2) is 16.0. The molecule has 2 fully saturated rings. The predicted molar refractivity (Wildman–Crippen MR) is 153 cm³/mol. The van der Waals surface area contributed by atoms with Gasteiger partial charge in [-0.25, -0.2) is 0 Å². The van der Waals surface area contributed by atoms with E-state index in [4.69, 9.17) is 18.0 Å². The fourth-order valence-corrected chi connectivity index (χ4v) is 4.82. The van der Waals surface area contributed by atoms with Gasteiger partial charge in [0.1, 0.15) is 0 Å². The summed E-state index contributed by atoms with van der Waals surface area (Å²) in [5, 5.41) is 3.14. The summed E-state index contributed by atoms with van der Waals surface area (Å²) in [6.45, 7) is 10.2. The molecule has 1 heterocycles. The Morgan fingerprint density at radius 1 is 1.25 bits per heavy atom. The van der Waals surface area contributed by atoms with Gasteiger partial charge in [0.15, 0.2) is 0 Å². The van der Waals surface area contributed by atoms with Crippen molar-refractivity contribution in [3.8, 4) is 0 Å². The summed E-state index contributed by atoms with van der Waals surface area (Å²) in [6.07, 6.45) is 8.31. The molecule has 32 heavy (non-hydrogen) atoms. The standard InChI is InChI=1S/C23H41N3O2S.H4P2.H3P/c1-5-6-8-16-11-17(12-16)21(27)25-15-18-9-7-10-26(18)22(28)20(23(2,3)4)13-19(29)14-24;1-2;/h16-18,20H,5-15,24H2,1-4H3,(H,25,27);1-2H2;1H3/t16?,17?,18-,20-;;/m1../s1. The lowest BCUT2D eigenvalue weighted by Crippen LogP contribution is -2.49. The predicted octanol–water partition coefficient (Wildman–Crippen LogP) is 4.40. The topological polar surface area (TPSA) is 75.4 Å². The molecule has 2 amide bonds. The zero-order chi connectivity index (χ0) is 23.6. The molecule has 1 aliphatic carbocycles. The van der Waals surface area contributed by atoms with E-state index in [1.165, 1.54) is 19.3 Å². The highest BCUT2D eigenvalue weighted by molar-refractivity contribution is 7.92. The largest absolute Gasteiger partial charge is 0.354 e. The highest BCUT2D eigenvalue weighted by Crippen LogP contribution is 2.37. The van der Waals surface area contributed by atoms with Gasteiger partial charge in [0.25, 0.3) is 0 Å². The van der Waals surface area contributed by atoms with Crippen molar-refractivity contribution in [3.05, 3.63) is 0 Å². The van der Waals surface area contributed by atoms with Crippen LogP contribution in [-0.2, 0) is 9.59 Å². The van der Waals surface area contributed by atoms with Crippen LogP contribution in [-0.4, -0.2) is 47.3 Å². The molecule has 0 aromatic heterocycles. The Hall–Kier alpha value is 0.280. The normalized spacial score (nSPS) is 23.2. The molecule has 0 radical (unpaired) electrons. The Morgan fingerprint density at radius 2 is 1.88 bits per heavy atom. The number of nitrogens with zero attached hydrogens (tertiary/aromatic N) is 1. The van der Waals surface area contributed by atoms with E-state index in [0.29, 0.717) is 19.5 Å². The molecular weight excluding hydrogens is 475 g/mol. The lowest BCUT2D eigenvalue weighted by Gasteiger charge is -2.37. The molecule has 2 aliphatic rings. The van der Waals surface area contributed by atoms with Gasteiger partial charge in [-0.3, -0.25) is 9.59 Å². The number of amides is 2. The van der Waals surface area contributed by atoms with Crippen LogP contribution < -0.4 is 11.1 Å². The Bertz CT molecular complexity index is 596. The third-order valence-electron chi connectivity index (χ3n) is 6.75. The van der Waals surface area contributed by atoms with Crippen molar-refractivity contribution in [2.45, 2.75) is 85.1 Å². The van der Waals surface area contributed by atoms with Gasteiger partial charge >= 0.3 is 0 Å². The zero-order valence-corrected chi connectivity index (χ0v) is 25.2. The van der Waals surface area contributed by atoms with Crippen molar-refractivity contribution in [1.29, 1.82) is 0 Å². The molecule has 5 nitrogen and oxygen atoms in total. The van der Waals surface area contributed by atoms with Crippen LogP contribution in [0.5, 0.6) is 0 Å². The lowest BCUT2D eigenvalue weighted by molar-refractivity contribution is -0.140. The molecule has 188 valence electrons. The molecular formula is C23H48N3O2P3S. The van der Waals surface area contributed by atoms with E-state index in [2.05, 4.69) is 50.9 Å². The minimum atomic E-state index is -0.174. The summed E-state index contributed by atoms with van der Waals surface area (Å²) < 4.78 is 0. The maximum atomic E-state index is 13.4. The Kier molecular flexibility index (Phi) is 16.2. The zero-order valence-electron chi connectivity index (χ0n) is 20.7. The fourth-order valence-electron chi connectivity index (χ4n) is 4.65. The first-order valence-electron chi connectivity index (χ1n) is 11.8. The molecule has 1 aliphatic heterocycles. The van der Waals surface area contributed by atoms with Gasteiger partial charge in [-0.2, -0.15) is 9.90 Å². The van der Waals surface area contributed by atoms with E-state index < -0.39 is 0 Å². The van der Waals surface area contributed by atoms with E-state index in [-0.39, 0.29) is 45.0 Å². The Labute approximate surface area is 209 Å². The van der Waals surface area contributed by atoms with Crippen LogP contribution in [0.2, 0.25) is 0 Å². The van der Waals surface area contributed by atoms with E-state index in [1.54, 1.807) is 0 Å². The van der Waals surface area contributed by atoms with E-state index in [1.807, 2.05) is 4.90 Å². The third kappa shape index (κ3) is 9.87. The van der Waals surface area contributed by atoms with Crippen molar-refractivity contribution in [2.24, 2.45) is 28.9 Å². The van der Waals surface area contributed by atoms with Crippen molar-refractivity contribution in [3.63, 3.8) is 0 Å². The van der Waals surface area contributed by atoms with Gasteiger partial charge in [-0.15, -0.1) is 17.9 Å². The number of hydrogen-bond acceptors (Lipinski definition) is 4. The molecule has 1 saturated carbocycles. The van der Waals surface area contributed by atoms with Crippen LogP contribution >= 0.6 is 40.0 Å². The highest BCUT2D eigenvalue weighted by Gasteiger charge is 2.39. The summed E-state index contributed by atoms with van der Waals surface area (Å²) in [6, 6.07) is 0.0960. The van der Waals surface area contributed by atoms with Crippen molar-refractivity contribution < 1.29 is 9.59 Å². The van der Waals surface area contributed by atoms with Crippen molar-refractivity contribution >= 4 is 56.7 Å². The molecule has 0 aromatic carbocycles.